The fourth-order valence-corrected chi connectivity index (χ4v) is 2.74. The first-order valence-corrected chi connectivity index (χ1v) is 7.67. The van der Waals surface area contributed by atoms with Gasteiger partial charge in [-0.25, -0.2) is 14.8 Å². The Labute approximate surface area is 138 Å². The zero-order valence-electron chi connectivity index (χ0n) is 12.4. The lowest BCUT2D eigenvalue weighted by Gasteiger charge is -2.38. The second-order valence-electron chi connectivity index (χ2n) is 5.39. The third-order valence-corrected chi connectivity index (χ3v) is 4.17. The Morgan fingerprint density at radius 2 is 1.78 bits per heavy atom. The summed E-state index contributed by atoms with van der Waals surface area (Å²) in [7, 11) is 0. The van der Waals surface area contributed by atoms with Crippen LogP contribution in [-0.4, -0.2) is 39.7 Å². The van der Waals surface area contributed by atoms with Crippen LogP contribution in [0.3, 0.4) is 0 Å². The van der Waals surface area contributed by atoms with E-state index in [1.165, 1.54) is 0 Å². The molecule has 0 radical (unpaired) electrons. The summed E-state index contributed by atoms with van der Waals surface area (Å²) in [4.78, 5) is 22.2. The molecule has 0 unspecified atom stereocenters. The molecule has 2 heterocycles. The number of benzene rings is 1. The number of ether oxygens (including phenoxy) is 1. The van der Waals surface area contributed by atoms with E-state index in [0.29, 0.717) is 42.7 Å². The number of carboxylic acids is 1. The van der Waals surface area contributed by atoms with Gasteiger partial charge < -0.3 is 14.7 Å². The summed E-state index contributed by atoms with van der Waals surface area (Å²) in [5.41, 5.74) is -1.24. The molecule has 6 nitrogen and oxygen atoms in total. The monoisotopic (exact) mass is 333 g/mol. The van der Waals surface area contributed by atoms with Gasteiger partial charge in [-0.1, -0.05) is 11.6 Å². The van der Waals surface area contributed by atoms with Crippen LogP contribution in [0.1, 0.15) is 12.8 Å². The number of aliphatic carboxylic acids is 1. The highest BCUT2D eigenvalue weighted by molar-refractivity contribution is 6.30. The summed E-state index contributed by atoms with van der Waals surface area (Å²) in [6.07, 6.45) is 4.05. The first-order valence-electron chi connectivity index (χ1n) is 7.29. The van der Waals surface area contributed by atoms with Crippen molar-refractivity contribution >= 4 is 23.5 Å². The first kappa shape index (κ1) is 15.6. The molecule has 23 heavy (non-hydrogen) atoms. The van der Waals surface area contributed by atoms with Crippen LogP contribution in [0.4, 0.5) is 5.95 Å². The summed E-state index contributed by atoms with van der Waals surface area (Å²) < 4.78 is 5.82. The van der Waals surface area contributed by atoms with E-state index < -0.39 is 11.6 Å². The fourth-order valence-electron chi connectivity index (χ4n) is 2.61. The van der Waals surface area contributed by atoms with Crippen molar-refractivity contribution < 1.29 is 14.6 Å². The molecule has 0 aliphatic carbocycles. The number of piperidine rings is 1. The van der Waals surface area contributed by atoms with Crippen LogP contribution >= 0.6 is 11.6 Å². The molecular weight excluding hydrogens is 318 g/mol. The minimum atomic E-state index is -1.24. The number of carbonyl (C=O) groups is 1. The van der Waals surface area contributed by atoms with Crippen LogP contribution < -0.4 is 9.64 Å². The second-order valence-corrected chi connectivity index (χ2v) is 5.83. The highest BCUT2D eigenvalue weighted by atomic mass is 35.5. The minimum absolute atomic E-state index is 0.350. The van der Waals surface area contributed by atoms with Crippen molar-refractivity contribution in [1.29, 1.82) is 0 Å². The van der Waals surface area contributed by atoms with Gasteiger partial charge in [0.2, 0.25) is 11.5 Å². The largest absolute Gasteiger partial charge is 0.478 e. The lowest BCUT2D eigenvalue weighted by Crippen LogP contribution is -2.53. The number of nitrogens with zero attached hydrogens (tertiary/aromatic N) is 3. The molecule has 0 spiro atoms. The van der Waals surface area contributed by atoms with Crippen LogP contribution in [0.15, 0.2) is 42.7 Å². The topological polar surface area (TPSA) is 75.6 Å². The van der Waals surface area contributed by atoms with Crippen molar-refractivity contribution in [1.82, 2.24) is 9.97 Å². The number of rotatable bonds is 4. The predicted octanol–water partition coefficient (Wildman–Crippen LogP) is 2.63. The molecule has 3 rings (SSSR count). The van der Waals surface area contributed by atoms with Crippen molar-refractivity contribution in [3.63, 3.8) is 0 Å². The summed E-state index contributed by atoms with van der Waals surface area (Å²) in [5.74, 6) is 0.153. The molecule has 0 atom stereocenters. The quantitative estimate of drug-likeness (QED) is 0.927. The lowest BCUT2D eigenvalue weighted by atomic mass is 9.91. The smallest absolute Gasteiger partial charge is 0.348 e. The summed E-state index contributed by atoms with van der Waals surface area (Å²) in [6, 6.07) is 8.47. The van der Waals surface area contributed by atoms with E-state index in [9.17, 15) is 9.90 Å². The number of halogens is 1. The van der Waals surface area contributed by atoms with Crippen LogP contribution in [-0.2, 0) is 4.79 Å². The fraction of sp³-hybridized carbons (Fsp3) is 0.312. The van der Waals surface area contributed by atoms with Crippen LogP contribution in [0, 0.1) is 0 Å². The van der Waals surface area contributed by atoms with Gasteiger partial charge in [-0.3, -0.25) is 0 Å². The van der Waals surface area contributed by atoms with Gasteiger partial charge >= 0.3 is 5.97 Å². The zero-order chi connectivity index (χ0) is 16.3. The van der Waals surface area contributed by atoms with Crippen molar-refractivity contribution in [2.45, 2.75) is 18.4 Å². The lowest BCUT2D eigenvalue weighted by molar-refractivity contribution is -0.157. The Kier molecular flexibility index (Phi) is 4.34. The van der Waals surface area contributed by atoms with E-state index in [0.717, 1.165) is 0 Å². The molecular formula is C16H16ClN3O3. The van der Waals surface area contributed by atoms with Crippen LogP contribution in [0.5, 0.6) is 5.75 Å². The summed E-state index contributed by atoms with van der Waals surface area (Å²) >= 11 is 5.85. The molecule has 0 bridgehead atoms. The van der Waals surface area contributed by atoms with Gasteiger partial charge in [-0.2, -0.15) is 0 Å². The van der Waals surface area contributed by atoms with E-state index in [1.807, 2.05) is 4.90 Å². The van der Waals surface area contributed by atoms with E-state index in [1.54, 1.807) is 42.7 Å². The van der Waals surface area contributed by atoms with Crippen molar-refractivity contribution in [3.05, 3.63) is 47.7 Å². The molecule has 120 valence electrons. The maximum atomic E-state index is 11.8. The molecule has 1 saturated heterocycles. The standard InChI is InChI=1S/C16H16ClN3O3/c17-12-2-4-13(5-3-12)23-16(14(21)22)6-10-20(11-7-16)15-18-8-1-9-19-15/h1-5,8-9H,6-7,10-11H2,(H,21,22). The Balaban J connectivity index is 1.74. The first-order chi connectivity index (χ1) is 11.1. The highest BCUT2D eigenvalue weighted by Gasteiger charge is 2.44. The van der Waals surface area contributed by atoms with Gasteiger partial charge in [0.25, 0.3) is 0 Å². The molecule has 1 aliphatic heterocycles. The number of carboxylic acid groups (broad SMARTS) is 1. The van der Waals surface area contributed by atoms with Crippen LogP contribution in [0.2, 0.25) is 5.02 Å². The van der Waals surface area contributed by atoms with E-state index in [4.69, 9.17) is 16.3 Å². The number of aromatic nitrogens is 2. The number of hydrogen-bond acceptors (Lipinski definition) is 5. The molecule has 1 N–H and O–H groups in total. The minimum Gasteiger partial charge on any atom is -0.478 e. The third kappa shape index (κ3) is 3.37. The molecule has 7 heteroatoms. The summed E-state index contributed by atoms with van der Waals surface area (Å²) in [5, 5.41) is 10.2. The Bertz CT molecular complexity index is 671. The zero-order valence-corrected chi connectivity index (χ0v) is 13.1. The average molecular weight is 334 g/mol. The van der Waals surface area contributed by atoms with E-state index in [-0.39, 0.29) is 0 Å². The maximum absolute atomic E-state index is 11.8. The van der Waals surface area contributed by atoms with Gasteiger partial charge in [0, 0.05) is 43.3 Å². The van der Waals surface area contributed by atoms with Crippen molar-refractivity contribution in [2.75, 3.05) is 18.0 Å². The Morgan fingerprint density at radius 1 is 1.17 bits per heavy atom. The van der Waals surface area contributed by atoms with Gasteiger partial charge in [-0.15, -0.1) is 0 Å². The maximum Gasteiger partial charge on any atom is 0.348 e. The van der Waals surface area contributed by atoms with Crippen LogP contribution in [0.25, 0.3) is 0 Å². The van der Waals surface area contributed by atoms with Gasteiger partial charge in [0.1, 0.15) is 5.75 Å². The van der Waals surface area contributed by atoms with Gasteiger partial charge in [-0.05, 0) is 30.3 Å². The SMILES string of the molecule is O=C(O)C1(Oc2ccc(Cl)cc2)CCN(c2ncccn2)CC1. The molecule has 0 saturated carbocycles. The molecule has 1 aliphatic rings. The number of anilines is 1. The van der Waals surface area contributed by atoms with Gasteiger partial charge in [0.05, 0.1) is 0 Å². The molecule has 0 amide bonds. The summed E-state index contributed by atoms with van der Waals surface area (Å²) in [6.45, 7) is 1.04. The Morgan fingerprint density at radius 3 is 2.35 bits per heavy atom. The predicted molar refractivity (Wildman–Crippen MR) is 85.9 cm³/mol. The van der Waals surface area contributed by atoms with E-state index in [2.05, 4.69) is 9.97 Å². The average Bonchev–Trinajstić information content (AvgIpc) is 2.58. The van der Waals surface area contributed by atoms with Gasteiger partial charge in [0.15, 0.2) is 0 Å². The molecule has 2 aromatic rings. The molecule has 1 fully saturated rings. The molecule has 1 aromatic heterocycles. The Hall–Kier alpha value is -2.34. The van der Waals surface area contributed by atoms with Crippen molar-refractivity contribution in [2.24, 2.45) is 0 Å². The highest BCUT2D eigenvalue weighted by Crippen LogP contribution is 2.31. The normalized spacial score (nSPS) is 16.8. The number of hydrogen-bond donors (Lipinski definition) is 1. The third-order valence-electron chi connectivity index (χ3n) is 3.92. The van der Waals surface area contributed by atoms with E-state index >= 15 is 0 Å². The second kappa shape index (κ2) is 6.42. The molecule has 1 aromatic carbocycles. The van der Waals surface area contributed by atoms with Crippen molar-refractivity contribution in [3.8, 4) is 5.75 Å².